The fraction of sp³-hybridized carbons (Fsp3) is 0.424. The maximum absolute atomic E-state index is 5.14. The van der Waals surface area contributed by atoms with Crippen LogP contribution in [0.2, 0.25) is 0 Å². The molecule has 0 amide bonds. The Morgan fingerprint density at radius 3 is 1.72 bits per heavy atom. The third-order valence-corrected chi connectivity index (χ3v) is 8.27. The number of hydrogen-bond donors (Lipinski definition) is 0. The molecule has 0 aromatic carbocycles. The summed E-state index contributed by atoms with van der Waals surface area (Å²) in [6.45, 7) is 17.6. The molecule has 207 valence electrons. The summed E-state index contributed by atoms with van der Waals surface area (Å²) in [6, 6.07) is 6.53. The minimum absolute atomic E-state index is 0. The Morgan fingerprint density at radius 1 is 0.538 bits per heavy atom. The molecule has 5 rings (SSSR count). The van der Waals surface area contributed by atoms with E-state index in [9.17, 15) is 0 Å². The molecule has 8 bridgehead atoms. The quantitative estimate of drug-likeness (QED) is 0.281. The van der Waals surface area contributed by atoms with Gasteiger partial charge in [-0.25, -0.2) is 4.98 Å². The fourth-order valence-electron chi connectivity index (χ4n) is 6.19. The molecule has 0 saturated heterocycles. The predicted octanol–water partition coefficient (Wildman–Crippen LogP) is 8.03. The summed E-state index contributed by atoms with van der Waals surface area (Å²) in [5.41, 5.74) is 16.7. The number of allylic oxidation sites excluding steroid dienone is 4. The van der Waals surface area contributed by atoms with Crippen LogP contribution in [0.5, 0.6) is 0 Å². The van der Waals surface area contributed by atoms with E-state index in [0.29, 0.717) is 0 Å². The summed E-state index contributed by atoms with van der Waals surface area (Å²) in [4.78, 5) is 25.6. The monoisotopic (exact) mass is 568 g/mol. The molecule has 5 heterocycles. The zero-order valence-electron chi connectivity index (χ0n) is 24.5. The van der Waals surface area contributed by atoms with Gasteiger partial charge in [0.05, 0.1) is 22.9 Å². The van der Waals surface area contributed by atoms with Gasteiger partial charge in [-0.05, 0) is 97.4 Å². The number of hydrogen-bond acceptors (Lipinski definition) is 3. The molecular weight excluding hydrogens is 530 g/mol. The molecule has 6 heteroatoms. The van der Waals surface area contributed by atoms with Crippen LogP contribution in [-0.2, 0) is 36.3 Å². The van der Waals surface area contributed by atoms with E-state index >= 15 is 0 Å². The molecule has 0 aliphatic carbocycles. The molecule has 2 aliphatic rings. The molecule has 3 aromatic heterocycles. The largest absolute Gasteiger partial charge is 2.00 e. The zero-order valence-corrected chi connectivity index (χ0v) is 25.5. The Balaban J connectivity index is 0.00000353. The van der Waals surface area contributed by atoms with Crippen LogP contribution in [-0.4, -0.2) is 15.0 Å². The van der Waals surface area contributed by atoms with E-state index in [-0.39, 0.29) is 17.1 Å². The third kappa shape index (κ3) is 4.83. The van der Waals surface area contributed by atoms with Crippen molar-refractivity contribution in [3.05, 3.63) is 63.4 Å². The summed E-state index contributed by atoms with van der Waals surface area (Å²) in [5.74, 6) is 0.800. The van der Waals surface area contributed by atoms with E-state index in [1.807, 2.05) is 0 Å². The van der Waals surface area contributed by atoms with Gasteiger partial charge in [-0.15, -0.1) is 11.0 Å². The first-order chi connectivity index (χ1) is 18.4. The van der Waals surface area contributed by atoms with Crippen LogP contribution in [0.15, 0.2) is 18.2 Å². The summed E-state index contributed by atoms with van der Waals surface area (Å²) >= 11 is 0. The van der Waals surface area contributed by atoms with Crippen molar-refractivity contribution in [3.8, 4) is 0 Å². The van der Waals surface area contributed by atoms with Gasteiger partial charge < -0.3 is 15.0 Å². The van der Waals surface area contributed by atoms with E-state index in [4.69, 9.17) is 24.9 Å². The summed E-state index contributed by atoms with van der Waals surface area (Å²) in [6.07, 6.45) is 5.43. The van der Waals surface area contributed by atoms with Crippen molar-refractivity contribution in [2.75, 3.05) is 0 Å². The van der Waals surface area contributed by atoms with Crippen molar-refractivity contribution in [1.82, 2.24) is 24.9 Å². The standard InChI is InChI=1S/C33H39N5.Cu/c1-9-20-18(7)26-15-30-22(11-3)24(13-5)32(36-30)38-33-25(14-6)23(12-4)31(37-33)16-27-19(8)21(10-2)29(35-27)17-28(20)34-26;/h15-17H,9-14H2,1-8H3;/q-2;+2. The Bertz CT molecular complexity index is 1650. The number of rotatable bonds is 6. The van der Waals surface area contributed by atoms with E-state index < -0.39 is 0 Å². The number of aromatic nitrogens is 5. The van der Waals surface area contributed by atoms with Gasteiger partial charge >= 0.3 is 17.1 Å². The second-order valence-electron chi connectivity index (χ2n) is 10.2. The zero-order chi connectivity index (χ0) is 27.1. The topological polar surface area (TPSA) is 66.9 Å². The Morgan fingerprint density at radius 2 is 1.10 bits per heavy atom. The third-order valence-electron chi connectivity index (χ3n) is 8.27. The van der Waals surface area contributed by atoms with Crippen LogP contribution in [0.3, 0.4) is 0 Å². The molecule has 0 saturated carbocycles. The van der Waals surface area contributed by atoms with Crippen molar-refractivity contribution >= 4 is 44.5 Å². The first-order valence-electron chi connectivity index (χ1n) is 14.3. The van der Waals surface area contributed by atoms with Gasteiger partial charge in [-0.2, -0.15) is 0 Å². The molecule has 0 spiro atoms. The SMILES string of the molecule is CCC1=C(C)c2cc3[n-]c(nc4nc(cc5[n-]c(cc1n2)c(CC)c5C)C(CC)=C4CC)c(CC)c3CC.[Cu+2]. The van der Waals surface area contributed by atoms with E-state index in [1.165, 1.54) is 44.5 Å². The first-order valence-corrected chi connectivity index (χ1v) is 14.3. The smallest absolute Gasteiger partial charge is 0.657 e. The normalized spacial score (nSPS) is 13.3. The van der Waals surface area contributed by atoms with Crippen molar-refractivity contribution in [2.45, 2.75) is 93.9 Å². The minimum atomic E-state index is 0. The van der Waals surface area contributed by atoms with Crippen LogP contribution in [0, 0.1) is 6.92 Å². The number of aryl methyl sites for hydroxylation is 4. The van der Waals surface area contributed by atoms with Crippen LogP contribution in [0.1, 0.15) is 113 Å². The van der Waals surface area contributed by atoms with E-state index in [1.54, 1.807) is 0 Å². The van der Waals surface area contributed by atoms with Crippen molar-refractivity contribution in [1.29, 1.82) is 0 Å². The Hall–Kier alpha value is -2.95. The van der Waals surface area contributed by atoms with Crippen molar-refractivity contribution < 1.29 is 17.1 Å². The summed E-state index contributed by atoms with van der Waals surface area (Å²) < 4.78 is 0. The molecule has 5 nitrogen and oxygen atoms in total. The summed E-state index contributed by atoms with van der Waals surface area (Å²) in [7, 11) is 0. The van der Waals surface area contributed by atoms with E-state index in [0.717, 1.165) is 83.6 Å². The number of nitrogens with zero attached hydrogens (tertiary/aromatic N) is 5. The van der Waals surface area contributed by atoms with Crippen LogP contribution in [0.4, 0.5) is 0 Å². The predicted molar refractivity (Wildman–Crippen MR) is 160 cm³/mol. The van der Waals surface area contributed by atoms with Crippen LogP contribution in [0.25, 0.3) is 44.5 Å². The van der Waals surface area contributed by atoms with Gasteiger partial charge in [0.2, 0.25) is 0 Å². The second-order valence-corrected chi connectivity index (χ2v) is 10.2. The van der Waals surface area contributed by atoms with Gasteiger partial charge in [0, 0.05) is 0 Å². The molecule has 39 heavy (non-hydrogen) atoms. The van der Waals surface area contributed by atoms with Gasteiger partial charge in [0.25, 0.3) is 0 Å². The first kappa shape index (κ1) is 29.0. The van der Waals surface area contributed by atoms with Gasteiger partial charge in [0.1, 0.15) is 0 Å². The van der Waals surface area contributed by atoms with Crippen molar-refractivity contribution in [2.24, 2.45) is 0 Å². The van der Waals surface area contributed by atoms with Gasteiger partial charge in [-0.3, -0.25) is 4.98 Å². The molecule has 0 fully saturated rings. The van der Waals surface area contributed by atoms with Crippen molar-refractivity contribution in [3.63, 3.8) is 0 Å². The minimum Gasteiger partial charge on any atom is -0.657 e. The maximum atomic E-state index is 5.14. The fourth-order valence-corrected chi connectivity index (χ4v) is 6.19. The molecule has 1 radical (unpaired) electrons. The van der Waals surface area contributed by atoms with E-state index in [2.05, 4.69) is 73.6 Å². The second kappa shape index (κ2) is 11.7. The average molecular weight is 569 g/mol. The summed E-state index contributed by atoms with van der Waals surface area (Å²) in [5, 5.41) is 0. The average Bonchev–Trinajstić information content (AvgIpc) is 3.60. The molecule has 0 unspecified atom stereocenters. The number of fused-ring (bicyclic) bond motifs is 8. The Labute approximate surface area is 243 Å². The molecule has 2 aliphatic heterocycles. The molecule has 3 aromatic rings. The molecular formula is C33H39CuN5. The maximum Gasteiger partial charge on any atom is 2.00 e. The Kier molecular flexibility index (Phi) is 8.68. The molecule has 0 atom stereocenters. The van der Waals surface area contributed by atoms with Gasteiger partial charge in [0.15, 0.2) is 0 Å². The molecule has 0 N–H and O–H groups in total. The van der Waals surface area contributed by atoms with Gasteiger partial charge in [-0.1, -0.05) is 70.4 Å². The van der Waals surface area contributed by atoms with Crippen LogP contribution >= 0.6 is 0 Å². The van der Waals surface area contributed by atoms with Crippen LogP contribution < -0.4 is 9.97 Å².